The standard InChI is InChI=1S/C11H11FN2OS/c1-13-5-8-6-14-11(16-8)9-3-2-7(15)4-10(9)12/h2-4,6,13,15H,5H2,1H3. The van der Waals surface area contributed by atoms with Gasteiger partial charge in [0.05, 0.1) is 0 Å². The summed E-state index contributed by atoms with van der Waals surface area (Å²) in [4.78, 5) is 5.20. The molecule has 1 heterocycles. The van der Waals surface area contributed by atoms with Gasteiger partial charge in [0.25, 0.3) is 0 Å². The molecule has 2 aromatic rings. The normalized spacial score (nSPS) is 10.6. The number of aromatic hydroxyl groups is 1. The van der Waals surface area contributed by atoms with E-state index in [4.69, 9.17) is 5.11 Å². The van der Waals surface area contributed by atoms with Crippen molar-refractivity contribution in [3.8, 4) is 16.3 Å². The molecule has 0 bridgehead atoms. The fraction of sp³-hybridized carbons (Fsp3) is 0.182. The molecule has 0 saturated heterocycles. The number of halogens is 1. The third-order valence-corrected chi connectivity index (χ3v) is 3.12. The van der Waals surface area contributed by atoms with Crippen LogP contribution in [0.4, 0.5) is 4.39 Å². The van der Waals surface area contributed by atoms with Crippen LogP contribution in [0.5, 0.6) is 5.75 Å². The van der Waals surface area contributed by atoms with Crippen molar-refractivity contribution >= 4 is 11.3 Å². The van der Waals surface area contributed by atoms with Crippen molar-refractivity contribution in [3.63, 3.8) is 0 Å². The molecule has 3 nitrogen and oxygen atoms in total. The zero-order valence-corrected chi connectivity index (χ0v) is 9.51. The Balaban J connectivity index is 2.35. The molecule has 0 fully saturated rings. The van der Waals surface area contributed by atoms with Gasteiger partial charge in [0, 0.05) is 29.2 Å². The van der Waals surface area contributed by atoms with Crippen LogP contribution in [0.15, 0.2) is 24.4 Å². The van der Waals surface area contributed by atoms with E-state index in [1.807, 2.05) is 7.05 Å². The number of hydrogen-bond acceptors (Lipinski definition) is 4. The summed E-state index contributed by atoms with van der Waals surface area (Å²) in [5, 5.41) is 12.7. The van der Waals surface area contributed by atoms with Crippen molar-refractivity contribution in [2.45, 2.75) is 6.54 Å². The second-order valence-electron chi connectivity index (χ2n) is 3.33. The quantitative estimate of drug-likeness (QED) is 0.863. The third kappa shape index (κ3) is 2.20. The largest absolute Gasteiger partial charge is 0.508 e. The van der Waals surface area contributed by atoms with Crippen molar-refractivity contribution in [3.05, 3.63) is 35.1 Å². The van der Waals surface area contributed by atoms with Gasteiger partial charge in [0.15, 0.2) is 0 Å². The zero-order valence-electron chi connectivity index (χ0n) is 8.70. The number of hydrogen-bond donors (Lipinski definition) is 2. The molecule has 2 rings (SSSR count). The first-order valence-corrected chi connectivity index (χ1v) is 5.60. The van der Waals surface area contributed by atoms with Gasteiger partial charge in [-0.15, -0.1) is 11.3 Å². The molecule has 0 saturated carbocycles. The highest BCUT2D eigenvalue weighted by molar-refractivity contribution is 7.15. The van der Waals surface area contributed by atoms with E-state index in [1.165, 1.54) is 23.5 Å². The Bertz CT molecular complexity index is 498. The van der Waals surface area contributed by atoms with Crippen molar-refractivity contribution < 1.29 is 9.50 Å². The fourth-order valence-electron chi connectivity index (χ4n) is 1.37. The predicted molar refractivity (Wildman–Crippen MR) is 61.9 cm³/mol. The first kappa shape index (κ1) is 11.0. The molecule has 0 radical (unpaired) electrons. The molecule has 0 aliphatic rings. The molecule has 0 unspecified atom stereocenters. The smallest absolute Gasteiger partial charge is 0.137 e. The third-order valence-electron chi connectivity index (χ3n) is 2.09. The average molecular weight is 238 g/mol. The van der Waals surface area contributed by atoms with Gasteiger partial charge in [0.1, 0.15) is 16.6 Å². The van der Waals surface area contributed by atoms with Gasteiger partial charge in [-0.2, -0.15) is 0 Å². The van der Waals surface area contributed by atoms with Crippen LogP contribution in [-0.4, -0.2) is 17.1 Å². The summed E-state index contributed by atoms with van der Waals surface area (Å²) in [6.07, 6.45) is 1.72. The van der Waals surface area contributed by atoms with E-state index in [9.17, 15) is 4.39 Å². The molecule has 0 atom stereocenters. The Morgan fingerprint density at radius 2 is 2.31 bits per heavy atom. The van der Waals surface area contributed by atoms with Gasteiger partial charge >= 0.3 is 0 Å². The van der Waals surface area contributed by atoms with Crippen LogP contribution < -0.4 is 5.32 Å². The molecule has 0 spiro atoms. The molecule has 1 aromatic carbocycles. The molecule has 2 N–H and O–H groups in total. The van der Waals surface area contributed by atoms with Crippen LogP contribution in [0.3, 0.4) is 0 Å². The van der Waals surface area contributed by atoms with Crippen LogP contribution in [0, 0.1) is 5.82 Å². The topological polar surface area (TPSA) is 45.2 Å². The van der Waals surface area contributed by atoms with Crippen LogP contribution in [-0.2, 0) is 6.54 Å². The van der Waals surface area contributed by atoms with E-state index < -0.39 is 5.82 Å². The number of benzene rings is 1. The lowest BCUT2D eigenvalue weighted by molar-refractivity contribution is 0.469. The highest BCUT2D eigenvalue weighted by atomic mass is 32.1. The first-order valence-electron chi connectivity index (χ1n) is 4.79. The maximum atomic E-state index is 13.5. The minimum Gasteiger partial charge on any atom is -0.508 e. The number of phenols is 1. The fourth-order valence-corrected chi connectivity index (χ4v) is 2.32. The molecule has 1 aromatic heterocycles. The first-order chi connectivity index (χ1) is 7.70. The molecule has 5 heteroatoms. The van der Waals surface area contributed by atoms with Gasteiger partial charge in [-0.25, -0.2) is 9.37 Å². The molecular formula is C11H11FN2OS. The highest BCUT2D eigenvalue weighted by Gasteiger charge is 2.09. The highest BCUT2D eigenvalue weighted by Crippen LogP contribution is 2.29. The molecule has 0 aliphatic carbocycles. The lowest BCUT2D eigenvalue weighted by Gasteiger charge is -1.99. The molecular weight excluding hydrogens is 227 g/mol. The Kier molecular flexibility index (Phi) is 3.17. The number of thiazole rings is 1. The minimum atomic E-state index is -0.453. The summed E-state index contributed by atoms with van der Waals surface area (Å²) in [5.41, 5.74) is 0.421. The van der Waals surface area contributed by atoms with Crippen molar-refractivity contribution in [1.82, 2.24) is 10.3 Å². The van der Waals surface area contributed by atoms with Gasteiger partial charge in [0.2, 0.25) is 0 Å². The minimum absolute atomic E-state index is 0.0757. The summed E-state index contributed by atoms with van der Waals surface area (Å²) < 4.78 is 13.5. The number of phenolic OH excluding ortho intramolecular Hbond substituents is 1. The summed E-state index contributed by atoms with van der Waals surface area (Å²) in [7, 11) is 1.85. The monoisotopic (exact) mass is 238 g/mol. The second kappa shape index (κ2) is 4.59. The second-order valence-corrected chi connectivity index (χ2v) is 4.44. The Hall–Kier alpha value is -1.46. The maximum absolute atomic E-state index is 13.5. The molecule has 16 heavy (non-hydrogen) atoms. The molecule has 0 aliphatic heterocycles. The number of rotatable bonds is 3. The van der Waals surface area contributed by atoms with Crippen LogP contribution >= 0.6 is 11.3 Å². The summed E-state index contributed by atoms with van der Waals surface area (Å²) in [5.74, 6) is -0.529. The summed E-state index contributed by atoms with van der Waals surface area (Å²) in [6.45, 7) is 0.720. The van der Waals surface area contributed by atoms with Gasteiger partial charge in [-0.3, -0.25) is 0 Å². The van der Waals surface area contributed by atoms with Crippen LogP contribution in [0.25, 0.3) is 10.6 Å². The van der Waals surface area contributed by atoms with E-state index in [2.05, 4.69) is 10.3 Å². The predicted octanol–water partition coefficient (Wildman–Crippen LogP) is 2.37. The van der Waals surface area contributed by atoms with E-state index in [0.29, 0.717) is 10.6 Å². The van der Waals surface area contributed by atoms with Crippen molar-refractivity contribution in [1.29, 1.82) is 0 Å². The summed E-state index contributed by atoms with van der Waals surface area (Å²) in [6, 6.07) is 4.08. The van der Waals surface area contributed by atoms with Crippen molar-refractivity contribution in [2.75, 3.05) is 7.05 Å². The maximum Gasteiger partial charge on any atom is 0.137 e. The van der Waals surface area contributed by atoms with Crippen LogP contribution in [0.2, 0.25) is 0 Å². The SMILES string of the molecule is CNCc1cnc(-c2ccc(O)cc2F)s1. The summed E-state index contributed by atoms with van der Waals surface area (Å²) >= 11 is 1.44. The lowest BCUT2D eigenvalue weighted by Crippen LogP contribution is -2.02. The van der Waals surface area contributed by atoms with E-state index >= 15 is 0 Å². The Labute approximate surface area is 96.6 Å². The van der Waals surface area contributed by atoms with E-state index in [0.717, 1.165) is 17.5 Å². The van der Waals surface area contributed by atoms with Crippen molar-refractivity contribution in [2.24, 2.45) is 0 Å². The van der Waals surface area contributed by atoms with Gasteiger partial charge < -0.3 is 10.4 Å². The molecule has 0 amide bonds. The number of nitrogens with one attached hydrogen (secondary N) is 1. The number of aromatic nitrogens is 1. The number of nitrogens with zero attached hydrogens (tertiary/aromatic N) is 1. The zero-order chi connectivity index (χ0) is 11.5. The Morgan fingerprint density at radius 3 is 3.00 bits per heavy atom. The van der Waals surface area contributed by atoms with E-state index in [-0.39, 0.29) is 5.75 Å². The van der Waals surface area contributed by atoms with E-state index in [1.54, 1.807) is 6.20 Å². The molecule has 84 valence electrons. The van der Waals surface area contributed by atoms with Gasteiger partial charge in [-0.05, 0) is 19.2 Å². The average Bonchev–Trinajstić information content (AvgIpc) is 2.67. The Morgan fingerprint density at radius 1 is 1.50 bits per heavy atom. The van der Waals surface area contributed by atoms with Crippen LogP contribution in [0.1, 0.15) is 4.88 Å². The lowest BCUT2D eigenvalue weighted by atomic mass is 10.2. The van der Waals surface area contributed by atoms with Gasteiger partial charge in [-0.1, -0.05) is 0 Å².